The van der Waals surface area contributed by atoms with Gasteiger partial charge in [-0.1, -0.05) is 5.16 Å². The van der Waals surface area contributed by atoms with Gasteiger partial charge in [0.25, 0.3) is 5.91 Å². The lowest BCUT2D eigenvalue weighted by atomic mass is 10.2. The number of rotatable bonds is 4. The summed E-state index contributed by atoms with van der Waals surface area (Å²) in [6, 6.07) is 5.31. The van der Waals surface area contributed by atoms with Crippen molar-refractivity contribution in [3.63, 3.8) is 0 Å². The van der Waals surface area contributed by atoms with E-state index in [1.54, 1.807) is 29.3 Å². The van der Waals surface area contributed by atoms with Crippen LogP contribution in [0.5, 0.6) is 5.88 Å². The average molecular weight is 300 g/mol. The van der Waals surface area contributed by atoms with Gasteiger partial charge in [0.2, 0.25) is 5.88 Å². The fourth-order valence-corrected chi connectivity index (χ4v) is 2.64. The highest BCUT2D eigenvalue weighted by molar-refractivity contribution is 5.92. The van der Waals surface area contributed by atoms with E-state index in [0.29, 0.717) is 30.6 Å². The standard InChI is InChI=1S/C15H16N4O3/c20-15(12-8-13(22-18-12)10-3-4-10)19-7-5-11(9-19)21-14-2-1-6-16-17-14/h1-2,6,8,10-11H,3-5,7,9H2. The van der Waals surface area contributed by atoms with Gasteiger partial charge in [0.1, 0.15) is 11.9 Å². The molecule has 2 aromatic heterocycles. The predicted molar refractivity (Wildman–Crippen MR) is 75.4 cm³/mol. The van der Waals surface area contributed by atoms with Gasteiger partial charge >= 0.3 is 0 Å². The molecule has 0 N–H and O–H groups in total. The predicted octanol–water partition coefficient (Wildman–Crippen LogP) is 1.64. The Morgan fingerprint density at radius 1 is 1.36 bits per heavy atom. The largest absolute Gasteiger partial charge is 0.471 e. The van der Waals surface area contributed by atoms with Gasteiger partial charge < -0.3 is 14.2 Å². The first-order chi connectivity index (χ1) is 10.8. The van der Waals surface area contributed by atoms with E-state index < -0.39 is 0 Å². The molecule has 22 heavy (non-hydrogen) atoms. The van der Waals surface area contributed by atoms with Crippen LogP contribution in [0.1, 0.15) is 41.4 Å². The first kappa shape index (κ1) is 13.2. The number of carbonyl (C=O) groups excluding carboxylic acids is 1. The Labute approximate surface area is 127 Å². The zero-order chi connectivity index (χ0) is 14.9. The van der Waals surface area contributed by atoms with Crippen molar-refractivity contribution in [2.24, 2.45) is 0 Å². The molecule has 2 aromatic rings. The quantitative estimate of drug-likeness (QED) is 0.853. The van der Waals surface area contributed by atoms with Gasteiger partial charge in [-0.05, 0) is 18.9 Å². The number of amides is 1. The maximum Gasteiger partial charge on any atom is 0.276 e. The Morgan fingerprint density at radius 3 is 3.05 bits per heavy atom. The van der Waals surface area contributed by atoms with Crippen LogP contribution in [0.2, 0.25) is 0 Å². The first-order valence-electron chi connectivity index (χ1n) is 7.50. The zero-order valence-corrected chi connectivity index (χ0v) is 12.0. The van der Waals surface area contributed by atoms with Crippen molar-refractivity contribution < 1.29 is 14.1 Å². The third-order valence-electron chi connectivity index (χ3n) is 3.99. The molecule has 114 valence electrons. The fraction of sp³-hybridized carbons (Fsp3) is 0.467. The third-order valence-corrected chi connectivity index (χ3v) is 3.99. The molecule has 0 radical (unpaired) electrons. The van der Waals surface area contributed by atoms with E-state index in [1.807, 2.05) is 0 Å². The smallest absolute Gasteiger partial charge is 0.276 e. The highest BCUT2D eigenvalue weighted by Gasteiger charge is 2.32. The SMILES string of the molecule is O=C(c1cc(C2CC2)on1)N1CCC(Oc2cccnn2)C1. The topological polar surface area (TPSA) is 81.4 Å². The molecule has 1 aliphatic heterocycles. The molecule has 2 aliphatic rings. The molecule has 0 aromatic carbocycles. The van der Waals surface area contributed by atoms with Crippen molar-refractivity contribution in [3.8, 4) is 5.88 Å². The minimum absolute atomic E-state index is 0.0598. The Kier molecular flexibility index (Phi) is 3.25. The molecule has 3 heterocycles. The summed E-state index contributed by atoms with van der Waals surface area (Å²) in [7, 11) is 0. The molecular formula is C15H16N4O3. The summed E-state index contributed by atoms with van der Waals surface area (Å²) in [6.07, 6.45) is 4.56. The lowest BCUT2D eigenvalue weighted by molar-refractivity contribution is 0.0760. The minimum atomic E-state index is -0.0964. The van der Waals surface area contributed by atoms with Crippen molar-refractivity contribution in [2.45, 2.75) is 31.3 Å². The number of hydrogen-bond acceptors (Lipinski definition) is 6. The summed E-state index contributed by atoms with van der Waals surface area (Å²) in [5.41, 5.74) is 0.391. The molecule has 4 rings (SSSR count). The molecule has 1 unspecified atom stereocenters. The van der Waals surface area contributed by atoms with Gasteiger partial charge in [0.05, 0.1) is 6.54 Å². The van der Waals surface area contributed by atoms with Crippen molar-refractivity contribution in [3.05, 3.63) is 35.9 Å². The summed E-state index contributed by atoms with van der Waals surface area (Å²) >= 11 is 0. The molecular weight excluding hydrogens is 284 g/mol. The molecule has 0 spiro atoms. The van der Waals surface area contributed by atoms with Crippen LogP contribution in [0.25, 0.3) is 0 Å². The van der Waals surface area contributed by atoms with Crippen molar-refractivity contribution >= 4 is 5.91 Å². The molecule has 7 nitrogen and oxygen atoms in total. The molecule has 2 fully saturated rings. The monoisotopic (exact) mass is 300 g/mol. The van der Waals surface area contributed by atoms with Crippen LogP contribution >= 0.6 is 0 Å². The van der Waals surface area contributed by atoms with Crippen LogP contribution in [0.4, 0.5) is 0 Å². The van der Waals surface area contributed by atoms with Crippen LogP contribution in [0.15, 0.2) is 28.9 Å². The van der Waals surface area contributed by atoms with Crippen LogP contribution in [-0.4, -0.2) is 45.4 Å². The summed E-state index contributed by atoms with van der Waals surface area (Å²) < 4.78 is 11.0. The number of aromatic nitrogens is 3. The van der Waals surface area contributed by atoms with E-state index in [-0.39, 0.29) is 12.0 Å². The molecule has 1 saturated carbocycles. The maximum absolute atomic E-state index is 12.4. The zero-order valence-electron chi connectivity index (χ0n) is 12.0. The van der Waals surface area contributed by atoms with E-state index in [4.69, 9.17) is 9.26 Å². The third kappa shape index (κ3) is 2.66. The minimum Gasteiger partial charge on any atom is -0.471 e. The van der Waals surface area contributed by atoms with Gasteiger partial charge in [-0.15, -0.1) is 5.10 Å². The number of nitrogens with zero attached hydrogens (tertiary/aromatic N) is 4. The second kappa shape index (κ2) is 5.40. The normalized spacial score (nSPS) is 21.1. The summed E-state index contributed by atoms with van der Waals surface area (Å²) in [4.78, 5) is 14.2. The molecule has 1 aliphatic carbocycles. The highest BCUT2D eigenvalue weighted by atomic mass is 16.5. The summed E-state index contributed by atoms with van der Waals surface area (Å²) in [5.74, 6) is 1.68. The number of likely N-dealkylation sites (tertiary alicyclic amines) is 1. The van der Waals surface area contributed by atoms with Crippen LogP contribution in [0.3, 0.4) is 0 Å². The lowest BCUT2D eigenvalue weighted by Gasteiger charge is -2.15. The lowest BCUT2D eigenvalue weighted by Crippen LogP contribution is -2.31. The van der Waals surface area contributed by atoms with E-state index in [1.165, 1.54) is 0 Å². The van der Waals surface area contributed by atoms with Crippen molar-refractivity contribution in [1.29, 1.82) is 0 Å². The summed E-state index contributed by atoms with van der Waals surface area (Å²) in [5, 5.41) is 11.6. The maximum atomic E-state index is 12.4. The van der Waals surface area contributed by atoms with E-state index >= 15 is 0 Å². The Balaban J connectivity index is 1.38. The van der Waals surface area contributed by atoms with Crippen LogP contribution in [-0.2, 0) is 0 Å². The molecule has 1 atom stereocenters. The fourth-order valence-electron chi connectivity index (χ4n) is 2.64. The van der Waals surface area contributed by atoms with Gasteiger partial charge in [-0.2, -0.15) is 5.10 Å². The van der Waals surface area contributed by atoms with Crippen LogP contribution < -0.4 is 4.74 Å². The van der Waals surface area contributed by atoms with Crippen LogP contribution in [0, 0.1) is 0 Å². The number of carbonyl (C=O) groups is 1. The van der Waals surface area contributed by atoms with E-state index in [2.05, 4.69) is 15.4 Å². The molecule has 1 amide bonds. The molecule has 1 saturated heterocycles. The van der Waals surface area contributed by atoms with E-state index in [9.17, 15) is 4.79 Å². The number of ether oxygens (including phenoxy) is 1. The van der Waals surface area contributed by atoms with Gasteiger partial charge in [0, 0.05) is 37.2 Å². The molecule has 0 bridgehead atoms. The molecule has 7 heteroatoms. The summed E-state index contributed by atoms with van der Waals surface area (Å²) in [6.45, 7) is 1.18. The highest BCUT2D eigenvalue weighted by Crippen LogP contribution is 2.40. The van der Waals surface area contributed by atoms with E-state index in [0.717, 1.165) is 25.0 Å². The second-order valence-electron chi connectivity index (χ2n) is 5.73. The first-order valence-corrected chi connectivity index (χ1v) is 7.50. The number of hydrogen-bond donors (Lipinski definition) is 0. The van der Waals surface area contributed by atoms with Gasteiger partial charge in [0.15, 0.2) is 5.69 Å². The Bertz CT molecular complexity index is 668. The Morgan fingerprint density at radius 2 is 2.27 bits per heavy atom. The second-order valence-corrected chi connectivity index (χ2v) is 5.73. The van der Waals surface area contributed by atoms with Crippen molar-refractivity contribution in [1.82, 2.24) is 20.3 Å². The van der Waals surface area contributed by atoms with Gasteiger partial charge in [-0.25, -0.2) is 0 Å². The van der Waals surface area contributed by atoms with Gasteiger partial charge in [-0.3, -0.25) is 4.79 Å². The Hall–Kier alpha value is -2.44. The van der Waals surface area contributed by atoms with Crippen molar-refractivity contribution in [2.75, 3.05) is 13.1 Å². The average Bonchev–Trinajstić information content (AvgIpc) is 3.10.